The summed E-state index contributed by atoms with van der Waals surface area (Å²) in [5.41, 5.74) is 0.270. The number of hydrogen-bond donors (Lipinski definition) is 0. The minimum absolute atomic E-state index is 0.0160. The van der Waals surface area contributed by atoms with Crippen molar-refractivity contribution in [1.82, 2.24) is 0 Å². The third kappa shape index (κ3) is 2.50. The van der Waals surface area contributed by atoms with Crippen LogP contribution in [0, 0.1) is 0 Å². The molecule has 0 bridgehead atoms. The van der Waals surface area contributed by atoms with E-state index in [0.717, 1.165) is 0 Å². The molecule has 0 aromatic heterocycles. The summed E-state index contributed by atoms with van der Waals surface area (Å²) >= 11 is 5.96. The molecule has 1 aromatic rings. The summed E-state index contributed by atoms with van der Waals surface area (Å²) in [5.74, 6) is -1.12. The molecule has 92 valence electrons. The number of benzene rings is 1. The highest BCUT2D eigenvalue weighted by Crippen LogP contribution is 2.32. The average Bonchev–Trinajstić information content (AvgIpc) is 2.36. The molecule has 0 saturated carbocycles. The SMILES string of the molecule is COC(=O)c1ccc(C(=O)OC)c(OC)c1Cl. The molecule has 0 heterocycles. The van der Waals surface area contributed by atoms with Gasteiger partial charge in [0, 0.05) is 0 Å². The van der Waals surface area contributed by atoms with Gasteiger partial charge in [0.15, 0.2) is 5.75 Å². The maximum absolute atomic E-state index is 11.4. The molecule has 0 amide bonds. The molecule has 6 heteroatoms. The van der Waals surface area contributed by atoms with E-state index in [2.05, 4.69) is 9.47 Å². The number of ether oxygens (including phenoxy) is 3. The summed E-state index contributed by atoms with van der Waals surface area (Å²) < 4.78 is 14.1. The Kier molecular flexibility index (Phi) is 4.34. The Morgan fingerprint density at radius 2 is 1.47 bits per heavy atom. The van der Waals surface area contributed by atoms with Crippen LogP contribution < -0.4 is 4.74 Å². The lowest BCUT2D eigenvalue weighted by atomic mass is 10.1. The van der Waals surface area contributed by atoms with Crippen LogP contribution in [0.1, 0.15) is 20.7 Å². The molecule has 0 saturated heterocycles. The van der Waals surface area contributed by atoms with Crippen molar-refractivity contribution in [2.75, 3.05) is 21.3 Å². The van der Waals surface area contributed by atoms with Gasteiger partial charge in [0.25, 0.3) is 0 Å². The summed E-state index contributed by atoms with van der Waals surface area (Å²) in [6.07, 6.45) is 0. The van der Waals surface area contributed by atoms with Gasteiger partial charge in [-0.15, -0.1) is 0 Å². The van der Waals surface area contributed by atoms with Crippen molar-refractivity contribution in [1.29, 1.82) is 0 Å². The van der Waals surface area contributed by atoms with Crippen molar-refractivity contribution in [3.8, 4) is 5.75 Å². The van der Waals surface area contributed by atoms with Crippen molar-refractivity contribution >= 4 is 23.5 Å². The maximum atomic E-state index is 11.4. The molecule has 0 aliphatic heterocycles. The van der Waals surface area contributed by atoms with E-state index in [-0.39, 0.29) is 21.9 Å². The molecule has 0 atom stereocenters. The highest BCUT2D eigenvalue weighted by Gasteiger charge is 2.21. The van der Waals surface area contributed by atoms with Gasteiger partial charge in [0.2, 0.25) is 0 Å². The smallest absolute Gasteiger partial charge is 0.341 e. The first-order chi connectivity index (χ1) is 8.06. The predicted molar refractivity (Wildman–Crippen MR) is 60.7 cm³/mol. The molecular weight excluding hydrogens is 248 g/mol. The number of rotatable bonds is 3. The standard InChI is InChI=1S/C11H11ClO5/c1-15-9-7(11(14)17-3)5-4-6(8(9)12)10(13)16-2/h4-5H,1-3H3. The monoisotopic (exact) mass is 258 g/mol. The van der Waals surface area contributed by atoms with Crippen molar-refractivity contribution < 1.29 is 23.8 Å². The first-order valence-corrected chi connectivity index (χ1v) is 4.97. The van der Waals surface area contributed by atoms with E-state index in [0.29, 0.717) is 0 Å². The van der Waals surface area contributed by atoms with E-state index >= 15 is 0 Å². The molecule has 0 radical (unpaired) electrons. The fourth-order valence-electron chi connectivity index (χ4n) is 1.29. The lowest BCUT2D eigenvalue weighted by Crippen LogP contribution is -2.08. The summed E-state index contributed by atoms with van der Waals surface area (Å²) in [6, 6.07) is 2.77. The van der Waals surface area contributed by atoms with Crippen LogP contribution in [0.4, 0.5) is 0 Å². The molecule has 0 fully saturated rings. The quantitative estimate of drug-likeness (QED) is 0.775. The second kappa shape index (κ2) is 5.54. The van der Waals surface area contributed by atoms with Gasteiger partial charge in [-0.1, -0.05) is 11.6 Å². The Balaban J connectivity index is 3.36. The minimum Gasteiger partial charge on any atom is -0.494 e. The topological polar surface area (TPSA) is 61.8 Å². The van der Waals surface area contributed by atoms with Crippen LogP contribution in [0.2, 0.25) is 5.02 Å². The van der Waals surface area contributed by atoms with Gasteiger partial charge in [0.1, 0.15) is 5.56 Å². The number of hydrogen-bond acceptors (Lipinski definition) is 5. The molecule has 0 aliphatic rings. The fourth-order valence-corrected chi connectivity index (χ4v) is 1.61. The molecule has 0 spiro atoms. The summed E-state index contributed by atoms with van der Waals surface area (Å²) in [6.45, 7) is 0. The van der Waals surface area contributed by atoms with Crippen LogP contribution >= 0.6 is 11.6 Å². The van der Waals surface area contributed by atoms with Crippen LogP contribution in [-0.4, -0.2) is 33.3 Å². The normalized spacial score (nSPS) is 9.65. The van der Waals surface area contributed by atoms with Gasteiger partial charge >= 0.3 is 11.9 Å². The number of methoxy groups -OCH3 is 3. The van der Waals surface area contributed by atoms with Gasteiger partial charge in [-0.25, -0.2) is 9.59 Å². The van der Waals surface area contributed by atoms with Crippen LogP contribution in [0.3, 0.4) is 0 Å². The Labute approximate surface area is 103 Å². The molecule has 5 nitrogen and oxygen atoms in total. The third-order valence-corrected chi connectivity index (χ3v) is 2.49. The van der Waals surface area contributed by atoms with E-state index < -0.39 is 11.9 Å². The van der Waals surface area contributed by atoms with Crippen LogP contribution in [0.5, 0.6) is 5.75 Å². The second-order valence-corrected chi connectivity index (χ2v) is 3.37. The van der Waals surface area contributed by atoms with Crippen molar-refractivity contribution in [3.63, 3.8) is 0 Å². The van der Waals surface area contributed by atoms with Gasteiger partial charge in [0.05, 0.1) is 31.9 Å². The fraction of sp³-hybridized carbons (Fsp3) is 0.273. The third-order valence-electron chi connectivity index (χ3n) is 2.11. The van der Waals surface area contributed by atoms with Gasteiger partial charge in [-0.2, -0.15) is 0 Å². The molecule has 1 rings (SSSR count). The zero-order chi connectivity index (χ0) is 13.0. The largest absolute Gasteiger partial charge is 0.494 e. The lowest BCUT2D eigenvalue weighted by molar-refractivity contribution is 0.0583. The Morgan fingerprint density at radius 1 is 1.00 bits per heavy atom. The first-order valence-electron chi connectivity index (χ1n) is 4.60. The van der Waals surface area contributed by atoms with Crippen molar-refractivity contribution in [2.45, 2.75) is 0 Å². The van der Waals surface area contributed by atoms with E-state index in [9.17, 15) is 9.59 Å². The molecule has 0 unspecified atom stereocenters. The Hall–Kier alpha value is -1.75. The summed E-state index contributed by atoms with van der Waals surface area (Å²) in [5, 5.41) is 0.0160. The summed E-state index contributed by atoms with van der Waals surface area (Å²) in [7, 11) is 3.82. The zero-order valence-electron chi connectivity index (χ0n) is 9.57. The van der Waals surface area contributed by atoms with Gasteiger partial charge in [-0.3, -0.25) is 0 Å². The van der Waals surface area contributed by atoms with Crippen molar-refractivity contribution in [2.24, 2.45) is 0 Å². The van der Waals surface area contributed by atoms with Gasteiger partial charge < -0.3 is 14.2 Å². The molecule has 1 aromatic carbocycles. The number of carbonyl (C=O) groups excluding carboxylic acids is 2. The summed E-state index contributed by atoms with van der Waals surface area (Å²) in [4.78, 5) is 22.8. The zero-order valence-corrected chi connectivity index (χ0v) is 10.3. The molecule has 17 heavy (non-hydrogen) atoms. The Bertz CT molecular complexity index is 455. The average molecular weight is 259 g/mol. The van der Waals surface area contributed by atoms with E-state index in [4.69, 9.17) is 16.3 Å². The first kappa shape index (κ1) is 13.3. The number of halogens is 1. The van der Waals surface area contributed by atoms with E-state index in [1.54, 1.807) is 0 Å². The van der Waals surface area contributed by atoms with Crippen LogP contribution in [0.25, 0.3) is 0 Å². The number of esters is 2. The maximum Gasteiger partial charge on any atom is 0.341 e. The minimum atomic E-state index is -0.607. The predicted octanol–water partition coefficient (Wildman–Crippen LogP) is 1.92. The molecule has 0 N–H and O–H groups in total. The second-order valence-electron chi connectivity index (χ2n) is 2.99. The lowest BCUT2D eigenvalue weighted by Gasteiger charge is -2.11. The highest BCUT2D eigenvalue weighted by molar-refractivity contribution is 6.35. The highest BCUT2D eigenvalue weighted by atomic mass is 35.5. The molecular formula is C11H11ClO5. The number of carbonyl (C=O) groups is 2. The van der Waals surface area contributed by atoms with Gasteiger partial charge in [-0.05, 0) is 12.1 Å². The van der Waals surface area contributed by atoms with E-state index in [1.807, 2.05) is 0 Å². The van der Waals surface area contributed by atoms with Crippen LogP contribution in [-0.2, 0) is 9.47 Å². The van der Waals surface area contributed by atoms with Crippen LogP contribution in [0.15, 0.2) is 12.1 Å². The molecule has 0 aliphatic carbocycles. The Morgan fingerprint density at radius 3 is 1.94 bits per heavy atom. The van der Waals surface area contributed by atoms with Crippen molar-refractivity contribution in [3.05, 3.63) is 28.3 Å². The van der Waals surface area contributed by atoms with E-state index in [1.165, 1.54) is 33.5 Å².